The Morgan fingerprint density at radius 2 is 1.71 bits per heavy atom. The van der Waals surface area contributed by atoms with Crippen LogP contribution in [0.25, 0.3) is 0 Å². The average Bonchev–Trinajstić information content (AvgIpc) is 3.16. The topological polar surface area (TPSA) is 86.5 Å². The molecule has 45 heavy (non-hydrogen) atoms. The van der Waals surface area contributed by atoms with Gasteiger partial charge in [0.25, 0.3) is 5.91 Å². The molecule has 0 N–H and O–H groups in total. The van der Waals surface area contributed by atoms with Crippen molar-refractivity contribution in [1.82, 2.24) is 4.98 Å². The number of alkyl halides is 8. The number of nitrogens with zero attached hydrogens (tertiary/aromatic N) is 4. The summed E-state index contributed by atoms with van der Waals surface area (Å²) >= 11 is 5.48. The van der Waals surface area contributed by atoms with Crippen LogP contribution >= 0.6 is 12.2 Å². The fourth-order valence-electron chi connectivity index (χ4n) is 4.94. The standard InChI is InChI=1S/C27H23F9N4O3S2/c28-19-13-16(4-5-21(19)43-9-3-11-45(42)10-2-8-25(29,30)27(34,35)36)40-23(44)39(22(41)24(40)6-1-7-24)17-12-18(26(31,32)33)20(14-37)38-15-17/h4-5,12-13,15H,1-3,6-11H2. The van der Waals surface area contributed by atoms with E-state index in [1.54, 1.807) is 0 Å². The second-order valence-electron chi connectivity index (χ2n) is 10.3. The molecule has 1 aliphatic carbocycles. The van der Waals surface area contributed by atoms with E-state index in [9.17, 15) is 44.1 Å². The zero-order chi connectivity index (χ0) is 33.4. The highest BCUT2D eigenvalue weighted by Crippen LogP contribution is 2.48. The zero-order valence-electron chi connectivity index (χ0n) is 23.0. The first-order valence-corrected chi connectivity index (χ1v) is 15.2. The van der Waals surface area contributed by atoms with Gasteiger partial charge in [-0.1, -0.05) is 0 Å². The second-order valence-corrected chi connectivity index (χ2v) is 12.4. The van der Waals surface area contributed by atoms with Gasteiger partial charge in [0.2, 0.25) is 0 Å². The SMILES string of the molecule is N#Cc1ncc(N2C(=O)C3(CCC3)N(c3ccc(OCCCS(=O)CCCC(F)(F)C(F)(F)F)c(F)c3)C2=S)cc1C(F)(F)F. The molecule has 7 nitrogen and oxygen atoms in total. The summed E-state index contributed by atoms with van der Waals surface area (Å²) in [5.74, 6) is -7.08. The van der Waals surface area contributed by atoms with Crippen molar-refractivity contribution in [3.8, 4) is 11.8 Å². The van der Waals surface area contributed by atoms with Crippen LogP contribution in [-0.2, 0) is 21.8 Å². The van der Waals surface area contributed by atoms with Gasteiger partial charge in [0, 0.05) is 40.5 Å². The van der Waals surface area contributed by atoms with Gasteiger partial charge in [0.05, 0.1) is 24.1 Å². The van der Waals surface area contributed by atoms with Crippen molar-refractivity contribution in [2.24, 2.45) is 0 Å². The third kappa shape index (κ3) is 6.88. The molecular formula is C27H23F9N4O3S2. The van der Waals surface area contributed by atoms with E-state index in [1.807, 2.05) is 0 Å². The molecule has 0 radical (unpaired) electrons. The minimum Gasteiger partial charge on any atom is -0.490 e. The van der Waals surface area contributed by atoms with Crippen molar-refractivity contribution in [3.05, 3.63) is 47.5 Å². The van der Waals surface area contributed by atoms with Crippen LogP contribution in [-0.4, -0.2) is 56.0 Å². The molecule has 18 heteroatoms. The minimum absolute atomic E-state index is 0.0742. The first-order valence-electron chi connectivity index (χ1n) is 13.3. The first-order chi connectivity index (χ1) is 20.9. The van der Waals surface area contributed by atoms with E-state index in [-0.39, 0.29) is 59.6 Å². The highest BCUT2D eigenvalue weighted by molar-refractivity contribution is 7.84. The Bertz CT molecular complexity index is 1540. The van der Waals surface area contributed by atoms with Crippen LogP contribution in [0.15, 0.2) is 30.5 Å². The fourth-order valence-corrected chi connectivity index (χ4v) is 6.51. The van der Waals surface area contributed by atoms with E-state index in [1.165, 1.54) is 23.1 Å². The summed E-state index contributed by atoms with van der Waals surface area (Å²) in [4.78, 5) is 19.3. The van der Waals surface area contributed by atoms with Crippen molar-refractivity contribution in [2.45, 2.75) is 62.3 Å². The number of amides is 1. The maximum absolute atomic E-state index is 15.1. The number of pyridine rings is 1. The maximum atomic E-state index is 15.1. The Hall–Kier alpha value is -3.46. The molecule has 1 spiro atoms. The van der Waals surface area contributed by atoms with Crippen molar-refractivity contribution in [2.75, 3.05) is 27.9 Å². The van der Waals surface area contributed by atoms with E-state index in [2.05, 4.69) is 4.98 Å². The van der Waals surface area contributed by atoms with Crippen molar-refractivity contribution >= 4 is 45.4 Å². The molecular weight excluding hydrogens is 663 g/mol. The summed E-state index contributed by atoms with van der Waals surface area (Å²) in [6.45, 7) is -0.160. The summed E-state index contributed by atoms with van der Waals surface area (Å²) in [7, 11) is -1.70. The predicted molar refractivity (Wildman–Crippen MR) is 148 cm³/mol. The molecule has 1 aliphatic heterocycles. The molecule has 2 aromatic rings. The second kappa shape index (κ2) is 12.7. The van der Waals surface area contributed by atoms with Crippen molar-refractivity contribution in [1.29, 1.82) is 5.26 Å². The highest BCUT2D eigenvalue weighted by Gasteiger charge is 2.60. The highest BCUT2D eigenvalue weighted by atomic mass is 32.2. The van der Waals surface area contributed by atoms with Gasteiger partial charge in [-0.3, -0.25) is 13.9 Å². The molecule has 1 atom stereocenters. The van der Waals surface area contributed by atoms with Crippen LogP contribution in [0, 0.1) is 17.1 Å². The Balaban J connectivity index is 1.41. The molecule has 1 saturated heterocycles. The molecule has 1 amide bonds. The number of ether oxygens (including phenoxy) is 1. The van der Waals surface area contributed by atoms with Gasteiger partial charge < -0.3 is 9.64 Å². The van der Waals surface area contributed by atoms with Gasteiger partial charge in [-0.25, -0.2) is 9.37 Å². The molecule has 1 aromatic carbocycles. The lowest BCUT2D eigenvalue weighted by Gasteiger charge is -2.43. The van der Waals surface area contributed by atoms with Gasteiger partial charge in [0.1, 0.15) is 11.6 Å². The third-order valence-electron chi connectivity index (χ3n) is 7.36. The first kappa shape index (κ1) is 34.4. The largest absolute Gasteiger partial charge is 0.490 e. The van der Waals surface area contributed by atoms with Crippen LogP contribution in [0.4, 0.5) is 50.9 Å². The average molecular weight is 687 g/mol. The molecule has 1 unspecified atom stereocenters. The summed E-state index contributed by atoms with van der Waals surface area (Å²) in [5.41, 5.74) is -3.69. The number of halogens is 9. The van der Waals surface area contributed by atoms with Crippen LogP contribution in [0.3, 0.4) is 0 Å². The van der Waals surface area contributed by atoms with E-state index < -0.39 is 70.4 Å². The number of carbonyl (C=O) groups excluding carboxylic acids is 1. The lowest BCUT2D eigenvalue weighted by atomic mass is 9.75. The van der Waals surface area contributed by atoms with E-state index in [0.717, 1.165) is 17.2 Å². The number of thiocarbonyl (C=S) groups is 1. The Labute approximate surface area is 258 Å². The summed E-state index contributed by atoms with van der Waals surface area (Å²) in [5, 5.41) is 8.82. The number of carbonyl (C=O) groups is 1. The van der Waals surface area contributed by atoms with Crippen LogP contribution < -0.4 is 14.5 Å². The van der Waals surface area contributed by atoms with Crippen LogP contribution in [0.1, 0.15) is 49.8 Å². The number of hydrogen-bond donors (Lipinski definition) is 0. The molecule has 0 bridgehead atoms. The Morgan fingerprint density at radius 3 is 2.27 bits per heavy atom. The van der Waals surface area contributed by atoms with Gasteiger partial charge >= 0.3 is 18.3 Å². The lowest BCUT2D eigenvalue weighted by molar-refractivity contribution is -0.284. The molecule has 1 saturated carbocycles. The molecule has 4 rings (SSSR count). The van der Waals surface area contributed by atoms with E-state index >= 15 is 4.39 Å². The van der Waals surface area contributed by atoms with Crippen molar-refractivity contribution < 1.29 is 53.3 Å². The van der Waals surface area contributed by atoms with Gasteiger partial charge in [-0.2, -0.15) is 40.4 Å². The molecule has 244 valence electrons. The minimum atomic E-state index is -5.68. The Morgan fingerprint density at radius 1 is 1.04 bits per heavy atom. The monoisotopic (exact) mass is 686 g/mol. The summed E-state index contributed by atoms with van der Waals surface area (Å²) < 4.78 is 136. The smallest absolute Gasteiger partial charge is 0.453 e. The fraction of sp³-hybridized carbons (Fsp3) is 0.481. The zero-order valence-corrected chi connectivity index (χ0v) is 24.6. The summed E-state index contributed by atoms with van der Waals surface area (Å²) in [6.07, 6.45) is -10.6. The third-order valence-corrected chi connectivity index (χ3v) is 9.21. The number of aromatic nitrogens is 1. The Kier molecular flexibility index (Phi) is 9.74. The number of anilines is 2. The van der Waals surface area contributed by atoms with Crippen molar-refractivity contribution in [3.63, 3.8) is 0 Å². The van der Waals surface area contributed by atoms with Crippen LogP contribution in [0.5, 0.6) is 5.75 Å². The van der Waals surface area contributed by atoms with E-state index in [0.29, 0.717) is 12.5 Å². The van der Waals surface area contributed by atoms with Gasteiger partial charge in [0.15, 0.2) is 22.4 Å². The maximum Gasteiger partial charge on any atom is 0.453 e. The van der Waals surface area contributed by atoms with E-state index in [4.69, 9.17) is 22.2 Å². The number of rotatable bonds is 11. The molecule has 1 aromatic heterocycles. The summed E-state index contributed by atoms with van der Waals surface area (Å²) in [6, 6.07) is 5.61. The number of nitriles is 1. The number of hydrogen-bond acceptors (Lipinski definition) is 6. The lowest BCUT2D eigenvalue weighted by Crippen LogP contribution is -2.55. The molecule has 2 heterocycles. The normalized spacial score (nSPS) is 17.4. The molecule has 2 fully saturated rings. The van der Waals surface area contributed by atoms with Gasteiger partial charge in [-0.05, 0) is 62.5 Å². The van der Waals surface area contributed by atoms with Gasteiger partial charge in [-0.15, -0.1) is 0 Å². The quantitative estimate of drug-likeness (QED) is 0.148. The predicted octanol–water partition coefficient (Wildman–Crippen LogP) is 6.67. The van der Waals surface area contributed by atoms with Crippen LogP contribution in [0.2, 0.25) is 0 Å². The molecule has 2 aliphatic rings. The number of benzene rings is 1.